The lowest BCUT2D eigenvalue weighted by atomic mass is 10.1. The number of alkyl halides is 6. The van der Waals surface area contributed by atoms with Crippen molar-refractivity contribution >= 4 is 0 Å². The lowest BCUT2D eigenvalue weighted by Gasteiger charge is -2.10. The van der Waals surface area contributed by atoms with Gasteiger partial charge in [0.05, 0.1) is 23.3 Å². The molecule has 5 rings (SSSR count). The molecule has 4 heterocycles. The quantitative estimate of drug-likeness (QED) is 0.340. The normalized spacial score (nSPS) is 12.3. The number of nitrogens with zero attached hydrogens (tertiary/aromatic N) is 8. The zero-order chi connectivity index (χ0) is 24.8. The highest BCUT2D eigenvalue weighted by atomic mass is 19.4. The minimum atomic E-state index is -4.66. The van der Waals surface area contributed by atoms with Crippen LogP contribution in [0.1, 0.15) is 11.4 Å². The van der Waals surface area contributed by atoms with E-state index in [2.05, 4.69) is 25.5 Å². The lowest BCUT2D eigenvalue weighted by molar-refractivity contribution is -0.142. The van der Waals surface area contributed by atoms with E-state index in [1.807, 2.05) is 0 Å². The van der Waals surface area contributed by atoms with E-state index in [-0.39, 0.29) is 11.4 Å². The van der Waals surface area contributed by atoms with Gasteiger partial charge >= 0.3 is 12.4 Å². The molecule has 0 amide bonds. The van der Waals surface area contributed by atoms with Gasteiger partial charge < -0.3 is 0 Å². The summed E-state index contributed by atoms with van der Waals surface area (Å²) in [6, 6.07) is 9.30. The fourth-order valence-electron chi connectivity index (χ4n) is 3.26. The Morgan fingerprint density at radius 2 is 1.17 bits per heavy atom. The molecule has 0 radical (unpaired) electrons. The summed E-state index contributed by atoms with van der Waals surface area (Å²) in [5, 5.41) is 15.2. The summed E-state index contributed by atoms with van der Waals surface area (Å²) in [4.78, 5) is 3.92. The highest BCUT2D eigenvalue weighted by Crippen LogP contribution is 2.31. The van der Waals surface area contributed by atoms with Crippen LogP contribution in [0, 0.1) is 0 Å². The summed E-state index contributed by atoms with van der Waals surface area (Å²) in [6.07, 6.45) is -2.45. The number of benzene rings is 1. The molecule has 0 fully saturated rings. The first-order valence-corrected chi connectivity index (χ1v) is 9.83. The Labute approximate surface area is 192 Å². The van der Waals surface area contributed by atoms with Crippen LogP contribution in [0.5, 0.6) is 0 Å². The number of pyridine rings is 1. The van der Waals surface area contributed by atoms with Crippen molar-refractivity contribution < 1.29 is 26.3 Å². The molecule has 4 aromatic heterocycles. The van der Waals surface area contributed by atoms with E-state index in [4.69, 9.17) is 0 Å². The van der Waals surface area contributed by atoms with E-state index in [1.54, 1.807) is 30.7 Å². The van der Waals surface area contributed by atoms with Gasteiger partial charge in [0.15, 0.2) is 11.4 Å². The van der Waals surface area contributed by atoms with Crippen molar-refractivity contribution in [3.63, 3.8) is 0 Å². The monoisotopic (exact) mass is 490 g/mol. The Kier molecular flexibility index (Phi) is 5.15. The van der Waals surface area contributed by atoms with Crippen molar-refractivity contribution in [2.24, 2.45) is 0 Å². The third kappa shape index (κ3) is 4.49. The first-order chi connectivity index (χ1) is 16.6. The van der Waals surface area contributed by atoms with Gasteiger partial charge in [-0.2, -0.15) is 36.5 Å². The van der Waals surface area contributed by atoms with E-state index in [0.717, 1.165) is 33.9 Å². The maximum absolute atomic E-state index is 13.1. The van der Waals surface area contributed by atoms with Crippen molar-refractivity contribution in [1.82, 2.24) is 39.5 Å². The standard InChI is InChI=1S/C21H12F6N8/c22-20(23,24)18-3-7-33(30-18)15-9-13(17-12-35(32-29-17)14-1-5-28-6-2-14)10-16(11-15)34-8-4-19(31-34)21(25,26)27/h1-12H. The van der Waals surface area contributed by atoms with Crippen molar-refractivity contribution in [2.75, 3.05) is 0 Å². The fourth-order valence-corrected chi connectivity index (χ4v) is 3.26. The third-order valence-electron chi connectivity index (χ3n) is 4.91. The highest BCUT2D eigenvalue weighted by molar-refractivity contribution is 5.66. The zero-order valence-electron chi connectivity index (χ0n) is 17.3. The van der Waals surface area contributed by atoms with Gasteiger partial charge in [-0.25, -0.2) is 14.0 Å². The van der Waals surface area contributed by atoms with E-state index in [1.165, 1.54) is 22.9 Å². The van der Waals surface area contributed by atoms with E-state index in [0.29, 0.717) is 16.9 Å². The smallest absolute Gasteiger partial charge is 0.265 e. The molecular weight excluding hydrogens is 478 g/mol. The minimum absolute atomic E-state index is 0.149. The molecule has 0 N–H and O–H groups in total. The SMILES string of the molecule is FC(F)(F)c1ccn(-c2cc(-c3cn(-c4ccncc4)nn3)cc(-n3ccc(C(F)(F)F)n3)c2)n1. The Balaban J connectivity index is 1.62. The first kappa shape index (κ1) is 22.3. The van der Waals surface area contributed by atoms with Gasteiger partial charge in [0, 0.05) is 30.4 Å². The molecule has 178 valence electrons. The van der Waals surface area contributed by atoms with E-state index >= 15 is 0 Å². The number of hydrogen-bond acceptors (Lipinski definition) is 5. The average molecular weight is 490 g/mol. The molecule has 0 aliphatic rings. The molecule has 0 spiro atoms. The zero-order valence-corrected chi connectivity index (χ0v) is 17.3. The van der Waals surface area contributed by atoms with Gasteiger partial charge in [-0.1, -0.05) is 5.21 Å². The molecule has 1 aromatic carbocycles. The highest BCUT2D eigenvalue weighted by Gasteiger charge is 2.34. The third-order valence-corrected chi connectivity index (χ3v) is 4.91. The Hall–Kier alpha value is -4.49. The van der Waals surface area contributed by atoms with Crippen molar-refractivity contribution in [3.8, 4) is 28.3 Å². The molecule has 0 atom stereocenters. The topological polar surface area (TPSA) is 79.2 Å². The summed E-state index contributed by atoms with van der Waals surface area (Å²) < 4.78 is 81.8. The van der Waals surface area contributed by atoms with Gasteiger partial charge in [-0.05, 0) is 42.5 Å². The number of aromatic nitrogens is 8. The van der Waals surface area contributed by atoms with Gasteiger partial charge in [0.25, 0.3) is 0 Å². The number of hydrogen-bond donors (Lipinski definition) is 0. The minimum Gasteiger partial charge on any atom is -0.265 e. The van der Waals surface area contributed by atoms with Gasteiger partial charge in [0.1, 0.15) is 5.69 Å². The predicted molar refractivity (Wildman–Crippen MR) is 109 cm³/mol. The predicted octanol–water partition coefficient (Wildman–Crippen LogP) is 4.74. The molecular formula is C21H12F6N8. The second-order valence-electron chi connectivity index (χ2n) is 7.28. The number of halogens is 6. The van der Waals surface area contributed by atoms with Crippen LogP contribution in [-0.2, 0) is 12.4 Å². The van der Waals surface area contributed by atoms with Gasteiger partial charge in [-0.3, -0.25) is 4.98 Å². The molecule has 14 heteroatoms. The van der Waals surface area contributed by atoms with Crippen LogP contribution in [0.4, 0.5) is 26.3 Å². The second kappa shape index (κ2) is 8.07. The molecule has 0 saturated heterocycles. The van der Waals surface area contributed by atoms with Crippen LogP contribution in [0.3, 0.4) is 0 Å². The number of rotatable bonds is 4. The Morgan fingerprint density at radius 3 is 1.66 bits per heavy atom. The summed E-state index contributed by atoms with van der Waals surface area (Å²) >= 11 is 0. The van der Waals surface area contributed by atoms with Crippen LogP contribution in [0.25, 0.3) is 28.3 Å². The molecule has 8 nitrogen and oxygen atoms in total. The van der Waals surface area contributed by atoms with Crippen LogP contribution in [-0.4, -0.2) is 39.5 Å². The summed E-state index contributed by atoms with van der Waals surface area (Å²) in [6.45, 7) is 0. The van der Waals surface area contributed by atoms with Crippen molar-refractivity contribution in [1.29, 1.82) is 0 Å². The molecule has 0 unspecified atom stereocenters. The first-order valence-electron chi connectivity index (χ1n) is 9.83. The summed E-state index contributed by atoms with van der Waals surface area (Å²) in [5.74, 6) is 0. The molecule has 0 aliphatic heterocycles. The van der Waals surface area contributed by atoms with Crippen LogP contribution >= 0.6 is 0 Å². The van der Waals surface area contributed by atoms with Crippen LogP contribution in [0.2, 0.25) is 0 Å². The maximum Gasteiger partial charge on any atom is 0.435 e. The van der Waals surface area contributed by atoms with Crippen molar-refractivity contribution in [2.45, 2.75) is 12.4 Å². The van der Waals surface area contributed by atoms with E-state index in [9.17, 15) is 26.3 Å². The summed E-state index contributed by atoms with van der Waals surface area (Å²) in [7, 11) is 0. The maximum atomic E-state index is 13.1. The molecule has 5 aromatic rings. The fraction of sp³-hybridized carbons (Fsp3) is 0.0952. The molecule has 0 bridgehead atoms. The van der Waals surface area contributed by atoms with Crippen LogP contribution in [0.15, 0.2) is 73.4 Å². The molecule has 35 heavy (non-hydrogen) atoms. The molecule has 0 saturated carbocycles. The van der Waals surface area contributed by atoms with Crippen LogP contribution < -0.4 is 0 Å². The second-order valence-corrected chi connectivity index (χ2v) is 7.28. The van der Waals surface area contributed by atoms with Gasteiger partial charge in [0.2, 0.25) is 0 Å². The lowest BCUT2D eigenvalue weighted by Crippen LogP contribution is -2.08. The Bertz CT molecular complexity index is 1410. The largest absolute Gasteiger partial charge is 0.435 e. The van der Waals surface area contributed by atoms with Gasteiger partial charge in [-0.15, -0.1) is 5.10 Å². The molecule has 0 aliphatic carbocycles. The Morgan fingerprint density at radius 1 is 0.629 bits per heavy atom. The average Bonchev–Trinajstić information content (AvgIpc) is 3.59. The summed E-state index contributed by atoms with van der Waals surface area (Å²) in [5.41, 5.74) is -0.606. The van der Waals surface area contributed by atoms with E-state index < -0.39 is 23.7 Å². The van der Waals surface area contributed by atoms with Crippen molar-refractivity contribution in [3.05, 3.63) is 84.8 Å².